The Hall–Kier alpha value is -3.61. The van der Waals surface area contributed by atoms with Crippen LogP contribution in [-0.4, -0.2) is 22.2 Å². The number of aryl methyl sites for hydroxylation is 1. The van der Waals surface area contributed by atoms with Crippen LogP contribution in [0.3, 0.4) is 0 Å². The number of rotatable bonds is 5. The van der Waals surface area contributed by atoms with Gasteiger partial charge in [-0.05, 0) is 50.2 Å². The molecule has 0 saturated heterocycles. The fourth-order valence-corrected chi connectivity index (χ4v) is 2.76. The van der Waals surface area contributed by atoms with Gasteiger partial charge in [0.05, 0.1) is 5.56 Å². The van der Waals surface area contributed by atoms with Gasteiger partial charge in [-0.1, -0.05) is 0 Å². The molecule has 2 amide bonds. The average molecular weight is 351 g/mol. The van der Waals surface area contributed by atoms with E-state index in [0.717, 1.165) is 5.69 Å². The van der Waals surface area contributed by atoms with Gasteiger partial charge in [-0.2, -0.15) is 0 Å². The van der Waals surface area contributed by atoms with Crippen LogP contribution in [0.25, 0.3) is 5.69 Å². The third-order valence-corrected chi connectivity index (χ3v) is 3.94. The van der Waals surface area contributed by atoms with Crippen molar-refractivity contribution in [2.45, 2.75) is 13.8 Å². The number of primary amides is 1. The number of nitrogens with two attached hydrogens (primary N) is 1. The lowest BCUT2D eigenvalue weighted by molar-refractivity contribution is 0.0974. The molecule has 0 aliphatic rings. The zero-order valence-electron chi connectivity index (χ0n) is 14.3. The van der Waals surface area contributed by atoms with E-state index in [0.29, 0.717) is 5.56 Å². The molecule has 0 aliphatic carbocycles. The van der Waals surface area contributed by atoms with Crippen molar-refractivity contribution in [1.29, 1.82) is 0 Å². The highest BCUT2D eigenvalue weighted by Crippen LogP contribution is 2.27. The molecule has 0 saturated carbocycles. The maximum absolute atomic E-state index is 12.5. The van der Waals surface area contributed by atoms with E-state index in [1.54, 1.807) is 24.3 Å². The summed E-state index contributed by atoms with van der Waals surface area (Å²) in [4.78, 5) is 35.9. The van der Waals surface area contributed by atoms with Gasteiger partial charge in [-0.15, -0.1) is 0 Å². The van der Waals surface area contributed by atoms with Crippen LogP contribution in [0.1, 0.15) is 43.8 Å². The number of nitrogens with one attached hydrogen (secondary N) is 1. The first kappa shape index (κ1) is 17.2. The fraction of sp³-hybridized carbons (Fsp3) is 0.105. The van der Waals surface area contributed by atoms with Gasteiger partial charge < -0.3 is 14.7 Å². The molecule has 3 N–H and O–H groups in total. The van der Waals surface area contributed by atoms with Gasteiger partial charge in [-0.3, -0.25) is 19.7 Å². The first-order valence-electron chi connectivity index (χ1n) is 7.87. The van der Waals surface area contributed by atoms with Crippen molar-refractivity contribution in [2.24, 2.45) is 5.73 Å². The fourth-order valence-electron chi connectivity index (χ4n) is 2.76. The van der Waals surface area contributed by atoms with E-state index in [1.165, 1.54) is 13.8 Å². The number of Topliss-reactive ketones (excluding diaryl/α,β-unsaturated/α-hetero) is 1. The zero-order valence-corrected chi connectivity index (χ0v) is 14.3. The smallest absolute Gasteiger partial charge is 0.257 e. The Morgan fingerprint density at radius 2 is 1.65 bits per heavy atom. The molecule has 0 spiro atoms. The highest BCUT2D eigenvalue weighted by atomic mass is 16.4. The summed E-state index contributed by atoms with van der Waals surface area (Å²) in [5.41, 5.74) is 6.58. The van der Waals surface area contributed by atoms with Gasteiger partial charge >= 0.3 is 0 Å². The summed E-state index contributed by atoms with van der Waals surface area (Å²) < 4.78 is 7.29. The second-order valence-corrected chi connectivity index (χ2v) is 5.75. The predicted molar refractivity (Wildman–Crippen MR) is 95.7 cm³/mol. The molecule has 0 atom stereocenters. The van der Waals surface area contributed by atoms with E-state index in [2.05, 4.69) is 5.32 Å². The molecular formula is C19H17N3O4. The quantitative estimate of drug-likeness (QED) is 0.689. The van der Waals surface area contributed by atoms with Crippen molar-refractivity contribution in [3.05, 3.63) is 71.2 Å². The molecule has 0 radical (unpaired) electrons. The minimum atomic E-state index is -0.842. The Bertz CT molecular complexity index is 983. The molecule has 7 nitrogen and oxygen atoms in total. The molecule has 2 heterocycles. The van der Waals surface area contributed by atoms with Crippen molar-refractivity contribution in [2.75, 3.05) is 5.32 Å². The van der Waals surface area contributed by atoms with Gasteiger partial charge in [0, 0.05) is 23.6 Å². The summed E-state index contributed by atoms with van der Waals surface area (Å²) in [7, 11) is 0. The third kappa shape index (κ3) is 3.14. The molecule has 3 aromatic rings. The lowest BCUT2D eigenvalue weighted by Crippen LogP contribution is -2.19. The molecule has 3 rings (SSSR count). The number of furan rings is 1. The Balaban J connectivity index is 1.87. The first-order valence-corrected chi connectivity index (χ1v) is 7.87. The van der Waals surface area contributed by atoms with E-state index in [-0.39, 0.29) is 28.6 Å². The highest BCUT2D eigenvalue weighted by Gasteiger charge is 2.26. The Morgan fingerprint density at radius 3 is 2.19 bits per heavy atom. The van der Waals surface area contributed by atoms with E-state index in [9.17, 15) is 14.4 Å². The summed E-state index contributed by atoms with van der Waals surface area (Å²) in [5, 5.41) is 2.51. The molecule has 0 unspecified atom stereocenters. The normalized spacial score (nSPS) is 10.5. The van der Waals surface area contributed by atoms with Crippen molar-refractivity contribution < 1.29 is 18.8 Å². The Labute approximate surface area is 149 Å². The van der Waals surface area contributed by atoms with E-state index in [1.807, 2.05) is 29.1 Å². The molecule has 2 aromatic heterocycles. The van der Waals surface area contributed by atoms with E-state index >= 15 is 0 Å². The molecule has 7 heteroatoms. The van der Waals surface area contributed by atoms with Crippen LogP contribution in [0.2, 0.25) is 0 Å². The van der Waals surface area contributed by atoms with Crippen molar-refractivity contribution in [3.8, 4) is 5.69 Å². The molecule has 132 valence electrons. The average Bonchev–Trinajstić information content (AvgIpc) is 3.22. The van der Waals surface area contributed by atoms with Crippen molar-refractivity contribution in [3.63, 3.8) is 0 Å². The lowest BCUT2D eigenvalue weighted by Gasteiger charge is -2.06. The van der Waals surface area contributed by atoms with E-state index < -0.39 is 11.8 Å². The van der Waals surface area contributed by atoms with Gasteiger partial charge in [0.25, 0.3) is 11.8 Å². The minimum absolute atomic E-state index is 0.0794. The lowest BCUT2D eigenvalue weighted by atomic mass is 10.1. The summed E-state index contributed by atoms with van der Waals surface area (Å²) in [6.07, 6.45) is 3.78. The van der Waals surface area contributed by atoms with Crippen molar-refractivity contribution >= 4 is 23.5 Å². The third-order valence-electron chi connectivity index (χ3n) is 3.94. The first-order chi connectivity index (χ1) is 12.4. The van der Waals surface area contributed by atoms with Crippen LogP contribution in [0.15, 0.2) is 53.2 Å². The molecule has 1 aromatic carbocycles. The Kier molecular flexibility index (Phi) is 4.45. The number of anilines is 1. The molecule has 26 heavy (non-hydrogen) atoms. The molecular weight excluding hydrogens is 334 g/mol. The topological polar surface area (TPSA) is 107 Å². The molecule has 0 bridgehead atoms. The van der Waals surface area contributed by atoms with Gasteiger partial charge in [0.2, 0.25) is 5.88 Å². The van der Waals surface area contributed by atoms with Gasteiger partial charge in [0.1, 0.15) is 11.3 Å². The second kappa shape index (κ2) is 6.72. The monoisotopic (exact) mass is 351 g/mol. The summed E-state index contributed by atoms with van der Waals surface area (Å²) >= 11 is 0. The van der Waals surface area contributed by atoms with Crippen LogP contribution in [-0.2, 0) is 0 Å². The van der Waals surface area contributed by atoms with Crippen molar-refractivity contribution in [1.82, 2.24) is 4.57 Å². The number of hydrogen-bond acceptors (Lipinski definition) is 4. The SMILES string of the molecule is CC(=O)c1c(C)oc(NC(=O)c2ccc(-n3cccc3)cc2)c1C(N)=O. The summed E-state index contributed by atoms with van der Waals surface area (Å²) in [5.74, 6) is -1.58. The number of hydrogen-bond donors (Lipinski definition) is 2. The second-order valence-electron chi connectivity index (χ2n) is 5.75. The number of amides is 2. The van der Waals surface area contributed by atoms with Crippen LogP contribution in [0, 0.1) is 6.92 Å². The van der Waals surface area contributed by atoms with Gasteiger partial charge in [-0.25, -0.2) is 0 Å². The number of carbonyl (C=O) groups excluding carboxylic acids is 3. The number of aromatic nitrogens is 1. The Morgan fingerprint density at radius 1 is 1.04 bits per heavy atom. The summed E-state index contributed by atoms with van der Waals surface area (Å²) in [6, 6.07) is 10.7. The number of nitrogens with zero attached hydrogens (tertiary/aromatic N) is 1. The largest absolute Gasteiger partial charge is 0.444 e. The van der Waals surface area contributed by atoms with Crippen LogP contribution < -0.4 is 11.1 Å². The highest BCUT2D eigenvalue weighted by molar-refractivity contribution is 6.13. The minimum Gasteiger partial charge on any atom is -0.444 e. The standard InChI is InChI=1S/C19H17N3O4/c1-11(23)15-12(2)26-19(16(15)17(20)24)21-18(25)13-5-7-14(8-6-13)22-9-3-4-10-22/h3-10H,1-2H3,(H2,20,24)(H,21,25). The number of ketones is 1. The van der Waals surface area contributed by atoms with Gasteiger partial charge in [0.15, 0.2) is 5.78 Å². The maximum atomic E-state index is 12.5. The molecule has 0 fully saturated rings. The maximum Gasteiger partial charge on any atom is 0.257 e. The molecule has 0 aliphatic heterocycles. The van der Waals surface area contributed by atoms with Crippen LogP contribution in [0.5, 0.6) is 0 Å². The predicted octanol–water partition coefficient (Wildman–Crippen LogP) is 2.93. The van der Waals surface area contributed by atoms with Crippen LogP contribution in [0.4, 0.5) is 5.88 Å². The number of carbonyl (C=O) groups is 3. The van der Waals surface area contributed by atoms with Crippen LogP contribution >= 0.6 is 0 Å². The number of benzene rings is 1. The van der Waals surface area contributed by atoms with E-state index in [4.69, 9.17) is 10.2 Å². The zero-order chi connectivity index (χ0) is 18.8. The summed E-state index contributed by atoms with van der Waals surface area (Å²) in [6.45, 7) is 2.83.